The third kappa shape index (κ3) is 4.55. The first-order chi connectivity index (χ1) is 12.0. The zero-order valence-corrected chi connectivity index (χ0v) is 15.4. The van der Waals surface area contributed by atoms with Crippen LogP contribution in [0.4, 0.5) is 5.82 Å². The predicted molar refractivity (Wildman–Crippen MR) is 101 cm³/mol. The highest BCUT2D eigenvalue weighted by atomic mass is 16.3. The maximum Gasteiger partial charge on any atom is 0.151 e. The second kappa shape index (κ2) is 7.93. The molecule has 2 heterocycles. The van der Waals surface area contributed by atoms with Crippen molar-refractivity contribution in [2.75, 3.05) is 31.6 Å². The van der Waals surface area contributed by atoms with Crippen molar-refractivity contribution in [2.24, 2.45) is 0 Å². The van der Waals surface area contributed by atoms with E-state index < -0.39 is 6.10 Å². The third-order valence-corrected chi connectivity index (χ3v) is 5.08. The average molecular weight is 340 g/mol. The van der Waals surface area contributed by atoms with Crippen LogP contribution in [-0.4, -0.2) is 52.9 Å². The molecular weight excluding hydrogens is 312 g/mol. The van der Waals surface area contributed by atoms with Crippen molar-refractivity contribution in [3.63, 3.8) is 0 Å². The quantitative estimate of drug-likeness (QED) is 0.907. The van der Waals surface area contributed by atoms with Gasteiger partial charge in [-0.25, -0.2) is 0 Å². The number of hydrogen-bond acceptors (Lipinski definition) is 5. The van der Waals surface area contributed by atoms with Crippen molar-refractivity contribution < 1.29 is 5.11 Å². The lowest BCUT2D eigenvalue weighted by Crippen LogP contribution is -2.44. The molecule has 1 aromatic heterocycles. The molecule has 1 unspecified atom stereocenters. The van der Waals surface area contributed by atoms with Crippen LogP contribution >= 0.6 is 0 Å². The number of aliphatic hydroxyl groups is 1. The van der Waals surface area contributed by atoms with Crippen molar-refractivity contribution in [3.8, 4) is 0 Å². The highest BCUT2D eigenvalue weighted by molar-refractivity contribution is 5.36. The molecule has 1 aliphatic heterocycles. The lowest BCUT2D eigenvalue weighted by atomic mass is 10.0. The first-order valence-electron chi connectivity index (χ1n) is 9.02. The van der Waals surface area contributed by atoms with Crippen LogP contribution in [0.15, 0.2) is 36.5 Å². The molecule has 1 aliphatic rings. The van der Waals surface area contributed by atoms with Crippen LogP contribution in [0.1, 0.15) is 35.6 Å². The summed E-state index contributed by atoms with van der Waals surface area (Å²) >= 11 is 0. The number of anilines is 1. The van der Waals surface area contributed by atoms with Crippen LogP contribution in [0.3, 0.4) is 0 Å². The van der Waals surface area contributed by atoms with Gasteiger partial charge in [0.25, 0.3) is 0 Å². The van der Waals surface area contributed by atoms with Gasteiger partial charge in [0.05, 0.1) is 6.10 Å². The summed E-state index contributed by atoms with van der Waals surface area (Å²) in [5, 5.41) is 18.8. The van der Waals surface area contributed by atoms with Crippen LogP contribution in [0.2, 0.25) is 0 Å². The Morgan fingerprint density at radius 2 is 1.88 bits per heavy atom. The standard InChI is InChI=1S/C20H28N4O/c1-15-11-16(2)13-17(12-15)19(25)14-24-9-6-18(7-10-24)23(3)20-5-4-8-21-22-20/h4-5,8,11-13,18-19,25H,6-7,9-10,14H2,1-3H3. The van der Waals surface area contributed by atoms with Crippen LogP contribution < -0.4 is 4.90 Å². The zero-order chi connectivity index (χ0) is 17.8. The van der Waals surface area contributed by atoms with E-state index >= 15 is 0 Å². The molecule has 1 saturated heterocycles. The Balaban J connectivity index is 1.54. The smallest absolute Gasteiger partial charge is 0.151 e. The van der Waals surface area contributed by atoms with Gasteiger partial charge >= 0.3 is 0 Å². The molecule has 0 radical (unpaired) electrons. The normalized spacial score (nSPS) is 17.4. The molecule has 25 heavy (non-hydrogen) atoms. The Bertz CT molecular complexity index is 663. The average Bonchev–Trinajstić information content (AvgIpc) is 2.61. The van der Waals surface area contributed by atoms with E-state index in [1.807, 2.05) is 12.1 Å². The molecule has 0 bridgehead atoms. The molecule has 2 aromatic rings. The maximum atomic E-state index is 10.6. The van der Waals surface area contributed by atoms with Gasteiger partial charge in [-0.2, -0.15) is 5.10 Å². The highest BCUT2D eigenvalue weighted by Gasteiger charge is 2.25. The SMILES string of the molecule is Cc1cc(C)cc(C(O)CN2CCC(N(C)c3cccnn3)CC2)c1. The van der Waals surface area contributed by atoms with Crippen molar-refractivity contribution in [1.82, 2.24) is 15.1 Å². The van der Waals surface area contributed by atoms with Gasteiger partial charge in [0.15, 0.2) is 5.82 Å². The third-order valence-electron chi connectivity index (χ3n) is 5.08. The largest absolute Gasteiger partial charge is 0.387 e. The molecule has 3 rings (SSSR count). The number of β-amino-alcohol motifs (C(OH)–C–C–N with tert-alkyl or cyclic N) is 1. The first kappa shape index (κ1) is 17.8. The molecule has 0 spiro atoms. The summed E-state index contributed by atoms with van der Waals surface area (Å²) in [5.41, 5.74) is 3.44. The fourth-order valence-corrected chi connectivity index (χ4v) is 3.71. The van der Waals surface area contributed by atoms with Gasteiger partial charge in [0, 0.05) is 38.9 Å². The monoisotopic (exact) mass is 340 g/mol. The minimum atomic E-state index is -0.423. The van der Waals surface area contributed by atoms with Crippen LogP contribution in [0, 0.1) is 13.8 Å². The van der Waals surface area contributed by atoms with Gasteiger partial charge in [0.2, 0.25) is 0 Å². The second-order valence-corrected chi connectivity index (χ2v) is 7.16. The lowest BCUT2D eigenvalue weighted by Gasteiger charge is -2.37. The number of aromatic nitrogens is 2. The number of hydrogen-bond donors (Lipinski definition) is 1. The van der Waals surface area contributed by atoms with E-state index in [9.17, 15) is 5.11 Å². The number of rotatable bonds is 5. The van der Waals surface area contributed by atoms with Gasteiger partial charge in [-0.05, 0) is 44.4 Å². The van der Waals surface area contributed by atoms with E-state index in [0.29, 0.717) is 12.6 Å². The van der Waals surface area contributed by atoms with Crippen molar-refractivity contribution >= 4 is 5.82 Å². The molecule has 0 amide bonds. The number of benzene rings is 1. The summed E-state index contributed by atoms with van der Waals surface area (Å²) in [7, 11) is 2.09. The number of aliphatic hydroxyl groups excluding tert-OH is 1. The first-order valence-corrected chi connectivity index (χ1v) is 9.02. The van der Waals surface area contributed by atoms with E-state index in [4.69, 9.17) is 0 Å². The van der Waals surface area contributed by atoms with E-state index in [0.717, 1.165) is 37.3 Å². The van der Waals surface area contributed by atoms with Crippen molar-refractivity contribution in [1.29, 1.82) is 0 Å². The second-order valence-electron chi connectivity index (χ2n) is 7.16. The summed E-state index contributed by atoms with van der Waals surface area (Å²) in [6, 6.07) is 10.7. The molecule has 5 nitrogen and oxygen atoms in total. The number of aryl methyl sites for hydroxylation is 2. The number of piperidine rings is 1. The lowest BCUT2D eigenvalue weighted by molar-refractivity contribution is 0.0971. The van der Waals surface area contributed by atoms with Crippen molar-refractivity contribution in [2.45, 2.75) is 38.8 Å². The maximum absolute atomic E-state index is 10.6. The van der Waals surface area contributed by atoms with E-state index in [1.165, 1.54) is 11.1 Å². The Morgan fingerprint density at radius 1 is 1.20 bits per heavy atom. The van der Waals surface area contributed by atoms with Gasteiger partial charge in [-0.1, -0.05) is 29.3 Å². The molecule has 1 N–H and O–H groups in total. The molecule has 0 saturated carbocycles. The van der Waals surface area contributed by atoms with Gasteiger partial charge in [0.1, 0.15) is 0 Å². The Hall–Kier alpha value is -1.98. The topological polar surface area (TPSA) is 52.5 Å². The summed E-state index contributed by atoms with van der Waals surface area (Å²) in [5.74, 6) is 0.927. The molecule has 5 heteroatoms. The van der Waals surface area contributed by atoms with Crippen molar-refractivity contribution in [3.05, 3.63) is 53.2 Å². The fourth-order valence-electron chi connectivity index (χ4n) is 3.71. The summed E-state index contributed by atoms with van der Waals surface area (Å²) in [6.45, 7) is 6.85. The fraction of sp³-hybridized carbons (Fsp3) is 0.500. The molecular formula is C20H28N4O. The number of nitrogens with zero attached hydrogens (tertiary/aromatic N) is 4. The Kier molecular flexibility index (Phi) is 5.66. The minimum Gasteiger partial charge on any atom is -0.387 e. The van der Waals surface area contributed by atoms with Gasteiger partial charge < -0.3 is 14.9 Å². The van der Waals surface area contributed by atoms with Gasteiger partial charge in [-0.3, -0.25) is 0 Å². The summed E-state index contributed by atoms with van der Waals surface area (Å²) in [6.07, 6.45) is 3.43. The molecule has 0 aliphatic carbocycles. The highest BCUT2D eigenvalue weighted by Crippen LogP contribution is 2.23. The number of likely N-dealkylation sites (tertiary alicyclic amines) is 1. The molecule has 1 aromatic carbocycles. The van der Waals surface area contributed by atoms with E-state index in [1.54, 1.807) is 6.20 Å². The summed E-state index contributed by atoms with van der Waals surface area (Å²) < 4.78 is 0. The summed E-state index contributed by atoms with van der Waals surface area (Å²) in [4.78, 5) is 4.59. The Morgan fingerprint density at radius 3 is 2.48 bits per heavy atom. The predicted octanol–water partition coefficient (Wildman–Crippen LogP) is 2.73. The van der Waals surface area contributed by atoms with Crippen LogP contribution in [-0.2, 0) is 0 Å². The Labute approximate surface area is 150 Å². The van der Waals surface area contributed by atoms with Crippen LogP contribution in [0.5, 0.6) is 0 Å². The zero-order valence-electron chi connectivity index (χ0n) is 15.4. The van der Waals surface area contributed by atoms with Crippen LogP contribution in [0.25, 0.3) is 0 Å². The molecule has 1 atom stereocenters. The van der Waals surface area contributed by atoms with Gasteiger partial charge in [-0.15, -0.1) is 5.10 Å². The minimum absolute atomic E-state index is 0.423. The molecule has 1 fully saturated rings. The van der Waals surface area contributed by atoms with E-state index in [-0.39, 0.29) is 0 Å². The molecule has 134 valence electrons. The van der Waals surface area contributed by atoms with E-state index in [2.05, 4.69) is 59.1 Å².